The summed E-state index contributed by atoms with van der Waals surface area (Å²) in [5.74, 6) is 1.01. The predicted molar refractivity (Wildman–Crippen MR) is 43.6 cm³/mol. The standard InChI is InChI=1S/C7H8N2S/c1-2-4-9-7-10-6-5-8(9)3-1/h1-6H,7H2. The molecule has 0 saturated carbocycles. The van der Waals surface area contributed by atoms with Crippen LogP contribution in [0.25, 0.3) is 0 Å². The van der Waals surface area contributed by atoms with Crippen LogP contribution in [0.5, 0.6) is 0 Å². The van der Waals surface area contributed by atoms with Crippen LogP contribution in [-0.2, 0) is 0 Å². The fraction of sp³-hybridized carbons (Fsp3) is 0.143. The van der Waals surface area contributed by atoms with Crippen molar-refractivity contribution in [1.82, 2.24) is 10.0 Å². The van der Waals surface area contributed by atoms with Crippen LogP contribution in [0.4, 0.5) is 0 Å². The summed E-state index contributed by atoms with van der Waals surface area (Å²) in [4.78, 5) is 0. The van der Waals surface area contributed by atoms with Crippen molar-refractivity contribution in [3.05, 3.63) is 36.2 Å². The number of hydrogen-bond donors (Lipinski definition) is 0. The van der Waals surface area contributed by atoms with E-state index < -0.39 is 0 Å². The Hall–Kier alpha value is -0.830. The Balaban J connectivity index is 2.21. The molecule has 0 unspecified atom stereocenters. The Bertz CT molecular complexity index is 208. The Kier molecular flexibility index (Phi) is 1.43. The molecule has 2 nitrogen and oxygen atoms in total. The quantitative estimate of drug-likeness (QED) is 0.522. The molecule has 0 aromatic carbocycles. The van der Waals surface area contributed by atoms with E-state index in [2.05, 4.69) is 21.6 Å². The molecule has 0 amide bonds. The van der Waals surface area contributed by atoms with Gasteiger partial charge in [-0.2, -0.15) is 0 Å². The summed E-state index contributed by atoms with van der Waals surface area (Å²) in [5, 5.41) is 6.31. The van der Waals surface area contributed by atoms with Gasteiger partial charge in [0.1, 0.15) is 0 Å². The molecular weight excluding hydrogens is 144 g/mol. The molecule has 2 heterocycles. The molecule has 0 aromatic rings. The lowest BCUT2D eigenvalue weighted by Crippen LogP contribution is -2.33. The fourth-order valence-electron chi connectivity index (χ4n) is 0.919. The molecule has 2 aliphatic rings. The fourth-order valence-corrected chi connectivity index (χ4v) is 1.59. The second-order valence-electron chi connectivity index (χ2n) is 2.08. The summed E-state index contributed by atoms with van der Waals surface area (Å²) in [6, 6.07) is 0. The van der Waals surface area contributed by atoms with Gasteiger partial charge < -0.3 is 0 Å². The van der Waals surface area contributed by atoms with Crippen LogP contribution in [0, 0.1) is 0 Å². The van der Waals surface area contributed by atoms with Gasteiger partial charge in [0, 0.05) is 18.6 Å². The van der Waals surface area contributed by atoms with Gasteiger partial charge in [0.2, 0.25) is 0 Å². The molecular formula is C7H8N2S. The van der Waals surface area contributed by atoms with E-state index in [-0.39, 0.29) is 0 Å². The Labute approximate surface area is 64.5 Å². The highest BCUT2D eigenvalue weighted by atomic mass is 32.2. The first kappa shape index (κ1) is 5.92. The van der Waals surface area contributed by atoms with Gasteiger partial charge in [-0.25, -0.2) is 0 Å². The van der Waals surface area contributed by atoms with Crippen LogP contribution in [0.15, 0.2) is 36.2 Å². The molecule has 0 bridgehead atoms. The third-order valence-electron chi connectivity index (χ3n) is 1.42. The van der Waals surface area contributed by atoms with Gasteiger partial charge in [0.05, 0.1) is 5.88 Å². The number of allylic oxidation sites excluding steroid dienone is 2. The van der Waals surface area contributed by atoms with Crippen LogP contribution in [0.2, 0.25) is 0 Å². The number of hydrogen-bond acceptors (Lipinski definition) is 3. The van der Waals surface area contributed by atoms with Crippen molar-refractivity contribution in [2.75, 3.05) is 5.88 Å². The normalized spacial score (nSPS) is 21.6. The van der Waals surface area contributed by atoms with Gasteiger partial charge >= 0.3 is 0 Å². The number of thioether (sulfide) groups is 1. The highest BCUT2D eigenvalue weighted by Gasteiger charge is 2.09. The molecule has 0 radical (unpaired) electrons. The van der Waals surface area contributed by atoms with E-state index in [1.54, 1.807) is 11.8 Å². The summed E-state index contributed by atoms with van der Waals surface area (Å²) < 4.78 is 0. The van der Waals surface area contributed by atoms with Crippen LogP contribution >= 0.6 is 11.8 Å². The zero-order valence-corrected chi connectivity index (χ0v) is 6.29. The molecule has 0 aliphatic carbocycles. The number of rotatable bonds is 0. The van der Waals surface area contributed by atoms with Gasteiger partial charge in [-0.1, -0.05) is 0 Å². The lowest BCUT2D eigenvalue weighted by atomic mass is 10.5. The lowest BCUT2D eigenvalue weighted by Gasteiger charge is -2.33. The van der Waals surface area contributed by atoms with Crippen molar-refractivity contribution in [1.29, 1.82) is 0 Å². The predicted octanol–water partition coefficient (Wildman–Crippen LogP) is 1.72. The zero-order valence-electron chi connectivity index (χ0n) is 5.47. The monoisotopic (exact) mass is 152 g/mol. The van der Waals surface area contributed by atoms with E-state index in [0.717, 1.165) is 5.88 Å². The molecule has 0 atom stereocenters. The highest BCUT2D eigenvalue weighted by molar-refractivity contribution is 8.02. The van der Waals surface area contributed by atoms with E-state index >= 15 is 0 Å². The van der Waals surface area contributed by atoms with Crippen LogP contribution in [0.1, 0.15) is 0 Å². The summed E-state index contributed by atoms with van der Waals surface area (Å²) in [7, 11) is 0. The second kappa shape index (κ2) is 2.42. The van der Waals surface area contributed by atoms with Gasteiger partial charge in [-0.3, -0.25) is 10.0 Å². The number of fused-ring (bicyclic) bond motifs is 1. The minimum absolute atomic E-state index is 1.01. The molecule has 3 heteroatoms. The van der Waals surface area contributed by atoms with Gasteiger partial charge in [-0.15, -0.1) is 11.8 Å². The molecule has 0 aromatic heterocycles. The summed E-state index contributed by atoms with van der Waals surface area (Å²) in [6.07, 6.45) is 10.2. The molecule has 2 rings (SSSR count). The number of hydrazine groups is 1. The zero-order chi connectivity index (χ0) is 6.81. The van der Waals surface area contributed by atoms with E-state index in [9.17, 15) is 0 Å². The van der Waals surface area contributed by atoms with Crippen molar-refractivity contribution in [2.24, 2.45) is 0 Å². The lowest BCUT2D eigenvalue weighted by molar-refractivity contribution is 0.157. The van der Waals surface area contributed by atoms with E-state index in [0.29, 0.717) is 0 Å². The molecule has 0 spiro atoms. The molecule has 2 aliphatic heterocycles. The van der Waals surface area contributed by atoms with Crippen molar-refractivity contribution >= 4 is 11.8 Å². The average Bonchev–Trinajstić information content (AvgIpc) is 2.05. The minimum Gasteiger partial charge on any atom is -0.279 e. The SMILES string of the molecule is C1=CN2C=CSCN2C=C1. The smallest absolute Gasteiger partial charge is 0.0888 e. The first-order chi connectivity index (χ1) is 4.97. The number of nitrogens with zero attached hydrogens (tertiary/aromatic N) is 2. The van der Waals surface area contributed by atoms with E-state index in [1.165, 1.54) is 0 Å². The van der Waals surface area contributed by atoms with Gasteiger partial charge in [-0.05, 0) is 17.6 Å². The maximum Gasteiger partial charge on any atom is 0.0888 e. The molecule has 52 valence electrons. The highest BCUT2D eigenvalue weighted by Crippen LogP contribution is 2.18. The van der Waals surface area contributed by atoms with Crippen molar-refractivity contribution in [3.8, 4) is 0 Å². The minimum atomic E-state index is 1.01. The van der Waals surface area contributed by atoms with Crippen LogP contribution in [-0.4, -0.2) is 15.9 Å². The maximum absolute atomic E-state index is 2.14. The topological polar surface area (TPSA) is 6.48 Å². The third-order valence-corrected chi connectivity index (χ3v) is 2.15. The first-order valence-electron chi connectivity index (χ1n) is 3.15. The van der Waals surface area contributed by atoms with Crippen molar-refractivity contribution < 1.29 is 0 Å². The second-order valence-corrected chi connectivity index (χ2v) is 2.95. The Morgan fingerprint density at radius 2 is 2.00 bits per heavy atom. The van der Waals surface area contributed by atoms with E-state index in [4.69, 9.17) is 0 Å². The largest absolute Gasteiger partial charge is 0.279 e. The molecule has 0 N–H and O–H groups in total. The van der Waals surface area contributed by atoms with Crippen molar-refractivity contribution in [3.63, 3.8) is 0 Å². The average molecular weight is 152 g/mol. The molecule has 0 saturated heterocycles. The molecule has 0 fully saturated rings. The van der Waals surface area contributed by atoms with Crippen LogP contribution < -0.4 is 0 Å². The van der Waals surface area contributed by atoms with Crippen LogP contribution in [0.3, 0.4) is 0 Å². The Morgan fingerprint density at radius 1 is 1.10 bits per heavy atom. The maximum atomic E-state index is 2.14. The summed E-state index contributed by atoms with van der Waals surface area (Å²) >= 11 is 1.80. The summed E-state index contributed by atoms with van der Waals surface area (Å²) in [5.41, 5.74) is 0. The Morgan fingerprint density at radius 3 is 2.90 bits per heavy atom. The van der Waals surface area contributed by atoms with Gasteiger partial charge in [0.15, 0.2) is 0 Å². The summed E-state index contributed by atoms with van der Waals surface area (Å²) in [6.45, 7) is 0. The van der Waals surface area contributed by atoms with Gasteiger partial charge in [0.25, 0.3) is 0 Å². The van der Waals surface area contributed by atoms with E-state index in [1.807, 2.05) is 24.6 Å². The third kappa shape index (κ3) is 0.926. The van der Waals surface area contributed by atoms with Crippen molar-refractivity contribution in [2.45, 2.75) is 0 Å². The molecule has 10 heavy (non-hydrogen) atoms. The first-order valence-corrected chi connectivity index (χ1v) is 4.20.